The number of benzene rings is 1. The van der Waals surface area contributed by atoms with Crippen LogP contribution in [0.4, 0.5) is 5.69 Å². The summed E-state index contributed by atoms with van der Waals surface area (Å²) >= 11 is 0. The largest absolute Gasteiger partial charge is 0.381 e. The first-order chi connectivity index (χ1) is 13.0. The van der Waals surface area contributed by atoms with E-state index in [2.05, 4.69) is 65.1 Å². The van der Waals surface area contributed by atoms with Crippen LogP contribution in [-0.4, -0.2) is 79.0 Å². The summed E-state index contributed by atoms with van der Waals surface area (Å²) in [6.45, 7) is 14.2. The van der Waals surface area contributed by atoms with Crippen LogP contribution in [-0.2, 0) is 4.79 Å². The minimum absolute atomic E-state index is 0.293. The van der Waals surface area contributed by atoms with Crippen molar-refractivity contribution in [1.82, 2.24) is 14.7 Å². The zero-order valence-electron chi connectivity index (χ0n) is 17.3. The molecule has 5 nitrogen and oxygen atoms in total. The monoisotopic (exact) mass is 372 g/mol. The number of amides is 1. The van der Waals surface area contributed by atoms with Crippen molar-refractivity contribution in [2.24, 2.45) is 0 Å². The Labute approximate surface area is 164 Å². The lowest BCUT2D eigenvalue weighted by Crippen LogP contribution is -2.52. The molecular weight excluding hydrogens is 336 g/mol. The summed E-state index contributed by atoms with van der Waals surface area (Å²) in [7, 11) is 0. The van der Waals surface area contributed by atoms with Gasteiger partial charge in [0.2, 0.25) is 5.91 Å². The smallest absolute Gasteiger partial charge is 0.236 e. The number of rotatable bonds is 6. The highest BCUT2D eigenvalue weighted by Crippen LogP contribution is 2.20. The summed E-state index contributed by atoms with van der Waals surface area (Å²) < 4.78 is 0. The van der Waals surface area contributed by atoms with E-state index in [-0.39, 0.29) is 0 Å². The highest BCUT2D eigenvalue weighted by atomic mass is 16.2. The van der Waals surface area contributed by atoms with Crippen molar-refractivity contribution in [3.8, 4) is 0 Å². The van der Waals surface area contributed by atoms with Gasteiger partial charge in [-0.2, -0.15) is 0 Å². The number of likely N-dealkylation sites (tertiary alicyclic amines) is 1. The van der Waals surface area contributed by atoms with Gasteiger partial charge in [0.1, 0.15) is 0 Å². The van der Waals surface area contributed by atoms with Crippen molar-refractivity contribution in [2.75, 3.05) is 57.7 Å². The molecule has 150 valence electrons. The molecule has 2 saturated heterocycles. The van der Waals surface area contributed by atoms with Crippen molar-refractivity contribution in [3.63, 3.8) is 0 Å². The number of nitrogens with one attached hydrogen (secondary N) is 1. The summed E-state index contributed by atoms with van der Waals surface area (Å²) in [5, 5.41) is 3.63. The van der Waals surface area contributed by atoms with Gasteiger partial charge >= 0.3 is 0 Å². The number of hydrogen-bond acceptors (Lipinski definition) is 4. The van der Waals surface area contributed by atoms with Gasteiger partial charge in [0.05, 0.1) is 6.54 Å². The quantitative estimate of drug-likeness (QED) is 0.833. The van der Waals surface area contributed by atoms with Crippen molar-refractivity contribution < 1.29 is 4.79 Å². The maximum atomic E-state index is 12.8. The first-order valence-corrected chi connectivity index (χ1v) is 10.6. The second-order valence-corrected chi connectivity index (χ2v) is 8.31. The second kappa shape index (κ2) is 9.56. The van der Waals surface area contributed by atoms with E-state index in [1.54, 1.807) is 0 Å². The van der Waals surface area contributed by atoms with Gasteiger partial charge in [-0.05, 0) is 43.0 Å². The second-order valence-electron chi connectivity index (χ2n) is 8.31. The van der Waals surface area contributed by atoms with Crippen LogP contribution in [0.3, 0.4) is 0 Å². The molecule has 1 amide bonds. The third-order valence-electron chi connectivity index (χ3n) is 5.99. The predicted octanol–water partition coefficient (Wildman–Crippen LogP) is 2.85. The number of piperazine rings is 1. The molecule has 0 saturated carbocycles. The fourth-order valence-corrected chi connectivity index (χ4v) is 4.08. The maximum Gasteiger partial charge on any atom is 0.236 e. The number of nitrogens with zero attached hydrogens (tertiary/aromatic N) is 3. The van der Waals surface area contributed by atoms with Gasteiger partial charge in [-0.3, -0.25) is 9.69 Å². The van der Waals surface area contributed by atoms with Gasteiger partial charge in [-0.1, -0.05) is 32.9 Å². The number of anilines is 1. The molecule has 0 bridgehead atoms. The van der Waals surface area contributed by atoms with Gasteiger partial charge in [-0.25, -0.2) is 0 Å². The fraction of sp³-hybridized carbons (Fsp3) is 0.682. The number of piperidine rings is 1. The summed E-state index contributed by atoms with van der Waals surface area (Å²) in [6, 6.07) is 9.10. The van der Waals surface area contributed by atoms with Crippen LogP contribution in [0.15, 0.2) is 24.3 Å². The topological polar surface area (TPSA) is 38.8 Å². The average molecular weight is 373 g/mol. The Kier molecular flexibility index (Phi) is 7.13. The van der Waals surface area contributed by atoms with Crippen LogP contribution >= 0.6 is 0 Å². The molecule has 0 spiro atoms. The predicted molar refractivity (Wildman–Crippen MR) is 112 cm³/mol. The zero-order chi connectivity index (χ0) is 19.2. The lowest BCUT2D eigenvalue weighted by Gasteiger charge is -2.37. The fourth-order valence-electron chi connectivity index (χ4n) is 4.08. The Morgan fingerprint density at radius 2 is 1.74 bits per heavy atom. The van der Waals surface area contributed by atoms with Crippen molar-refractivity contribution in [1.29, 1.82) is 0 Å². The van der Waals surface area contributed by atoms with E-state index >= 15 is 0 Å². The van der Waals surface area contributed by atoms with E-state index in [4.69, 9.17) is 0 Å². The highest BCUT2D eigenvalue weighted by molar-refractivity contribution is 5.78. The Hall–Kier alpha value is -1.59. The standard InChI is InChI=1S/C22H36N4O/c1-4-24-12-14-25(15-13-24)17-22(27)26-11-5-6-21(16-26)23-20-9-7-19(8-10-20)18(2)3/h7-10,18,21,23H,4-6,11-17H2,1-3H3. The van der Waals surface area contributed by atoms with Crippen molar-refractivity contribution in [3.05, 3.63) is 29.8 Å². The minimum Gasteiger partial charge on any atom is -0.381 e. The van der Waals surface area contributed by atoms with E-state index in [0.717, 1.165) is 64.3 Å². The molecule has 0 aliphatic carbocycles. The molecule has 0 aromatic heterocycles. The molecule has 1 N–H and O–H groups in total. The summed E-state index contributed by atoms with van der Waals surface area (Å²) in [5.41, 5.74) is 2.53. The first-order valence-electron chi connectivity index (χ1n) is 10.6. The Bertz CT molecular complexity index is 593. The van der Waals surface area contributed by atoms with Gasteiger partial charge in [0.25, 0.3) is 0 Å². The van der Waals surface area contributed by atoms with E-state index < -0.39 is 0 Å². The van der Waals surface area contributed by atoms with Gasteiger partial charge in [0.15, 0.2) is 0 Å². The van der Waals surface area contributed by atoms with Crippen molar-refractivity contribution >= 4 is 11.6 Å². The lowest BCUT2D eigenvalue weighted by molar-refractivity contribution is -0.133. The molecule has 0 radical (unpaired) electrons. The molecule has 27 heavy (non-hydrogen) atoms. The highest BCUT2D eigenvalue weighted by Gasteiger charge is 2.26. The molecule has 2 heterocycles. The third kappa shape index (κ3) is 5.69. The van der Waals surface area contributed by atoms with Gasteiger partial charge in [-0.15, -0.1) is 0 Å². The van der Waals surface area contributed by atoms with Crippen LogP contribution in [0, 0.1) is 0 Å². The molecule has 3 rings (SSSR count). The summed E-state index contributed by atoms with van der Waals surface area (Å²) in [4.78, 5) is 19.6. The Morgan fingerprint density at radius 1 is 1.07 bits per heavy atom. The van der Waals surface area contributed by atoms with Crippen LogP contribution in [0.5, 0.6) is 0 Å². The van der Waals surface area contributed by atoms with Crippen LogP contribution < -0.4 is 5.32 Å². The zero-order valence-corrected chi connectivity index (χ0v) is 17.3. The lowest BCUT2D eigenvalue weighted by atomic mass is 10.0. The van der Waals surface area contributed by atoms with Crippen LogP contribution in [0.25, 0.3) is 0 Å². The molecule has 2 aliphatic rings. The number of likely N-dealkylation sites (N-methyl/N-ethyl adjacent to an activating group) is 1. The van der Waals surface area contributed by atoms with E-state index in [1.165, 1.54) is 5.56 Å². The Morgan fingerprint density at radius 3 is 2.37 bits per heavy atom. The third-order valence-corrected chi connectivity index (χ3v) is 5.99. The van der Waals surface area contributed by atoms with Crippen molar-refractivity contribution in [2.45, 2.75) is 45.6 Å². The number of carbonyl (C=O) groups is 1. The summed E-state index contributed by atoms with van der Waals surface area (Å²) in [5.74, 6) is 0.850. The summed E-state index contributed by atoms with van der Waals surface area (Å²) in [6.07, 6.45) is 2.21. The molecule has 1 aromatic rings. The van der Waals surface area contributed by atoms with Gasteiger partial charge in [0, 0.05) is 51.0 Å². The molecule has 2 aliphatic heterocycles. The van der Waals surface area contributed by atoms with E-state index in [0.29, 0.717) is 24.4 Å². The molecule has 2 fully saturated rings. The van der Waals surface area contributed by atoms with Crippen LogP contribution in [0.2, 0.25) is 0 Å². The SMILES string of the molecule is CCN1CCN(CC(=O)N2CCCC(Nc3ccc(C(C)C)cc3)C2)CC1. The molecular formula is C22H36N4O. The number of carbonyl (C=O) groups excluding carboxylic acids is 1. The molecule has 1 atom stereocenters. The van der Waals surface area contributed by atoms with Crippen LogP contribution in [0.1, 0.15) is 45.1 Å². The molecule has 1 aromatic carbocycles. The normalized spacial score (nSPS) is 22.2. The Balaban J connectivity index is 1.47. The van der Waals surface area contributed by atoms with E-state index in [9.17, 15) is 4.79 Å². The van der Waals surface area contributed by atoms with Gasteiger partial charge < -0.3 is 15.1 Å². The minimum atomic E-state index is 0.293. The van der Waals surface area contributed by atoms with E-state index in [1.807, 2.05) is 0 Å². The maximum absolute atomic E-state index is 12.8. The molecule has 5 heteroatoms. The molecule has 1 unspecified atom stereocenters. The average Bonchev–Trinajstić information content (AvgIpc) is 2.69. The number of hydrogen-bond donors (Lipinski definition) is 1. The first kappa shape index (κ1) is 20.2.